The minimum absolute atomic E-state index is 0.00948. The summed E-state index contributed by atoms with van der Waals surface area (Å²) in [5, 5.41) is 9.76. The number of carbonyl (C=O) groups excluding carboxylic acids is 1. The number of nitrogens with zero attached hydrogens (tertiary/aromatic N) is 1. The molecule has 4 nitrogen and oxygen atoms in total. The van der Waals surface area contributed by atoms with Gasteiger partial charge in [0, 0.05) is 30.0 Å². The summed E-state index contributed by atoms with van der Waals surface area (Å²) in [6.45, 7) is 0. The van der Waals surface area contributed by atoms with E-state index in [9.17, 15) is 9.90 Å². The molecule has 1 heterocycles. The predicted molar refractivity (Wildman–Crippen MR) is 74.9 cm³/mol. The van der Waals surface area contributed by atoms with Crippen LogP contribution in [0.3, 0.4) is 0 Å². The van der Waals surface area contributed by atoms with Gasteiger partial charge in [-0.15, -0.1) is 0 Å². The molecule has 0 aliphatic heterocycles. The second kappa shape index (κ2) is 4.81. The largest absolute Gasteiger partial charge is 0.504 e. The Morgan fingerprint density at radius 2 is 2.05 bits per heavy atom. The zero-order valence-corrected chi connectivity index (χ0v) is 11.0. The highest BCUT2D eigenvalue weighted by molar-refractivity contribution is 6.15. The van der Waals surface area contributed by atoms with Crippen LogP contribution in [0.4, 0.5) is 0 Å². The first-order valence-electron chi connectivity index (χ1n) is 6.24. The number of pyridine rings is 1. The minimum atomic E-state index is -0.0465. The zero-order valence-electron chi connectivity index (χ0n) is 11.0. The van der Waals surface area contributed by atoms with Crippen LogP contribution < -0.4 is 4.74 Å². The van der Waals surface area contributed by atoms with E-state index in [0.717, 1.165) is 11.1 Å². The summed E-state index contributed by atoms with van der Waals surface area (Å²) in [7, 11) is 1.49. The van der Waals surface area contributed by atoms with Crippen molar-refractivity contribution in [1.29, 1.82) is 0 Å². The molecule has 1 N–H and O–H groups in total. The number of ether oxygens (including phenoxy) is 1. The van der Waals surface area contributed by atoms with Crippen LogP contribution in [-0.2, 0) is 6.42 Å². The highest BCUT2D eigenvalue weighted by Gasteiger charge is 2.26. The summed E-state index contributed by atoms with van der Waals surface area (Å²) >= 11 is 0. The van der Waals surface area contributed by atoms with E-state index >= 15 is 0 Å². The Labute approximate surface area is 116 Å². The maximum absolute atomic E-state index is 12.3. The van der Waals surface area contributed by atoms with Crippen LogP contribution in [0.5, 0.6) is 11.5 Å². The molecule has 0 fully saturated rings. The molecule has 1 aromatic carbocycles. The van der Waals surface area contributed by atoms with Gasteiger partial charge in [-0.25, -0.2) is 0 Å². The zero-order chi connectivity index (χ0) is 14.1. The fraction of sp³-hybridized carbons (Fsp3) is 0.125. The van der Waals surface area contributed by atoms with E-state index in [0.29, 0.717) is 23.3 Å². The number of hydrogen-bond donors (Lipinski definition) is 1. The molecule has 0 atom stereocenters. The molecule has 1 aliphatic carbocycles. The van der Waals surface area contributed by atoms with Gasteiger partial charge in [0.25, 0.3) is 0 Å². The normalized spacial score (nSPS) is 15.4. The maximum atomic E-state index is 12.3. The average Bonchev–Trinajstić information content (AvgIpc) is 2.76. The summed E-state index contributed by atoms with van der Waals surface area (Å²) in [5.74, 6) is 0.334. The molecule has 0 unspecified atom stereocenters. The summed E-state index contributed by atoms with van der Waals surface area (Å²) in [6, 6.07) is 6.89. The van der Waals surface area contributed by atoms with Gasteiger partial charge in [0.2, 0.25) is 0 Å². The van der Waals surface area contributed by atoms with Crippen LogP contribution in [0.15, 0.2) is 42.2 Å². The van der Waals surface area contributed by atoms with E-state index in [1.165, 1.54) is 13.2 Å². The number of phenols is 1. The lowest BCUT2D eigenvalue weighted by Gasteiger charge is -2.05. The third kappa shape index (κ3) is 2.05. The quantitative estimate of drug-likeness (QED) is 0.850. The number of ketones is 1. The maximum Gasteiger partial charge on any atom is 0.189 e. The standard InChI is InChI=1S/C16H13NO3/c1-20-15-8-11-7-12(6-10-2-4-17-5-3-10)16(19)13(11)9-14(15)18/h2-6,8-9,18H,7H2,1H3/b12-6+. The number of phenolic OH excluding ortho intramolecular Hbond substituents is 1. The van der Waals surface area contributed by atoms with E-state index in [2.05, 4.69) is 4.98 Å². The molecule has 100 valence electrons. The molecule has 1 aromatic heterocycles. The third-order valence-corrected chi connectivity index (χ3v) is 3.37. The molecule has 2 aromatic rings. The van der Waals surface area contributed by atoms with Gasteiger partial charge in [-0.05, 0) is 41.5 Å². The second-order valence-electron chi connectivity index (χ2n) is 4.64. The van der Waals surface area contributed by atoms with Crippen molar-refractivity contribution < 1.29 is 14.6 Å². The van der Waals surface area contributed by atoms with Crippen LogP contribution in [0.2, 0.25) is 0 Å². The molecule has 0 amide bonds. The Morgan fingerprint density at radius 1 is 1.30 bits per heavy atom. The number of aromatic nitrogens is 1. The first-order valence-corrected chi connectivity index (χ1v) is 6.24. The smallest absolute Gasteiger partial charge is 0.189 e. The highest BCUT2D eigenvalue weighted by Crippen LogP contribution is 2.36. The number of benzene rings is 1. The second-order valence-corrected chi connectivity index (χ2v) is 4.64. The van der Waals surface area contributed by atoms with Crippen LogP contribution in [0.1, 0.15) is 21.5 Å². The SMILES string of the molecule is COc1cc2c(cc1O)C(=O)/C(=C/c1ccncc1)C2. The van der Waals surface area contributed by atoms with Gasteiger partial charge < -0.3 is 9.84 Å². The summed E-state index contributed by atoms with van der Waals surface area (Å²) in [5.41, 5.74) is 3.07. The lowest BCUT2D eigenvalue weighted by molar-refractivity contribution is 0.104. The fourth-order valence-electron chi connectivity index (χ4n) is 2.37. The summed E-state index contributed by atoms with van der Waals surface area (Å²) in [6.07, 6.45) is 5.78. The number of fused-ring (bicyclic) bond motifs is 1. The first-order chi connectivity index (χ1) is 9.69. The van der Waals surface area contributed by atoms with Crippen LogP contribution in [0, 0.1) is 0 Å². The van der Waals surface area contributed by atoms with Crippen molar-refractivity contribution in [1.82, 2.24) is 4.98 Å². The molecular formula is C16H13NO3. The van der Waals surface area contributed by atoms with E-state index in [4.69, 9.17) is 4.74 Å². The molecule has 20 heavy (non-hydrogen) atoms. The van der Waals surface area contributed by atoms with Crippen molar-refractivity contribution in [3.63, 3.8) is 0 Å². The van der Waals surface area contributed by atoms with Crippen molar-refractivity contribution in [3.8, 4) is 11.5 Å². The number of aromatic hydroxyl groups is 1. The predicted octanol–water partition coefficient (Wildman–Crippen LogP) is 2.62. The third-order valence-electron chi connectivity index (χ3n) is 3.37. The molecule has 4 heteroatoms. The number of hydrogen-bond acceptors (Lipinski definition) is 4. The van der Waals surface area contributed by atoms with Crippen LogP contribution in [0.25, 0.3) is 6.08 Å². The van der Waals surface area contributed by atoms with Crippen LogP contribution >= 0.6 is 0 Å². The molecule has 0 radical (unpaired) electrons. The highest BCUT2D eigenvalue weighted by atomic mass is 16.5. The molecule has 0 saturated carbocycles. The van der Waals surface area contributed by atoms with Gasteiger partial charge in [0.05, 0.1) is 7.11 Å². The van der Waals surface area contributed by atoms with Gasteiger partial charge in [-0.2, -0.15) is 0 Å². The van der Waals surface area contributed by atoms with Gasteiger partial charge in [-0.3, -0.25) is 9.78 Å². The topological polar surface area (TPSA) is 59.4 Å². The summed E-state index contributed by atoms with van der Waals surface area (Å²) in [4.78, 5) is 16.3. The number of carbonyl (C=O) groups is 1. The van der Waals surface area contributed by atoms with Crippen molar-refractivity contribution in [2.24, 2.45) is 0 Å². The van der Waals surface area contributed by atoms with E-state index in [1.807, 2.05) is 18.2 Å². The van der Waals surface area contributed by atoms with Gasteiger partial charge in [0.1, 0.15) is 0 Å². The lowest BCUT2D eigenvalue weighted by atomic mass is 10.1. The Hall–Kier alpha value is -2.62. The monoisotopic (exact) mass is 267 g/mol. The number of allylic oxidation sites excluding steroid dienone is 1. The van der Waals surface area contributed by atoms with E-state index in [1.54, 1.807) is 18.5 Å². The molecular weight excluding hydrogens is 254 g/mol. The minimum Gasteiger partial charge on any atom is -0.504 e. The Balaban J connectivity index is 2.01. The molecule has 1 aliphatic rings. The van der Waals surface area contributed by atoms with E-state index < -0.39 is 0 Å². The fourth-order valence-corrected chi connectivity index (χ4v) is 2.37. The average molecular weight is 267 g/mol. The lowest BCUT2D eigenvalue weighted by Crippen LogP contribution is -1.95. The van der Waals surface area contributed by atoms with E-state index in [-0.39, 0.29) is 11.5 Å². The van der Waals surface area contributed by atoms with Gasteiger partial charge in [0.15, 0.2) is 17.3 Å². The Kier molecular flexibility index (Phi) is 2.99. The van der Waals surface area contributed by atoms with Crippen molar-refractivity contribution in [2.75, 3.05) is 7.11 Å². The molecule has 0 spiro atoms. The molecule has 3 rings (SSSR count). The van der Waals surface area contributed by atoms with Gasteiger partial charge >= 0.3 is 0 Å². The number of methoxy groups -OCH3 is 1. The Bertz CT molecular complexity index is 705. The van der Waals surface area contributed by atoms with Crippen molar-refractivity contribution >= 4 is 11.9 Å². The number of rotatable bonds is 2. The summed E-state index contributed by atoms with van der Waals surface area (Å²) < 4.78 is 5.07. The van der Waals surface area contributed by atoms with Crippen molar-refractivity contribution in [3.05, 3.63) is 58.9 Å². The van der Waals surface area contributed by atoms with Gasteiger partial charge in [-0.1, -0.05) is 0 Å². The van der Waals surface area contributed by atoms with Crippen LogP contribution in [-0.4, -0.2) is 23.0 Å². The Morgan fingerprint density at radius 3 is 2.75 bits per heavy atom. The number of Topliss-reactive ketones (excluding diaryl/α,β-unsaturated/α-hetero) is 1. The molecule has 0 saturated heterocycles. The van der Waals surface area contributed by atoms with Crippen molar-refractivity contribution in [2.45, 2.75) is 6.42 Å². The molecule has 0 bridgehead atoms. The first kappa shape index (κ1) is 12.4.